The average molecular weight is 364 g/mol. The Morgan fingerprint density at radius 2 is 1.85 bits per heavy atom. The number of methoxy groups -OCH3 is 1. The van der Waals surface area contributed by atoms with E-state index in [1.54, 1.807) is 7.11 Å². The molecule has 0 saturated carbocycles. The molecule has 2 aromatic carbocycles. The number of hydrogen-bond donors (Lipinski definition) is 0. The molecule has 0 radical (unpaired) electrons. The Hall–Kier alpha value is -2.54. The summed E-state index contributed by atoms with van der Waals surface area (Å²) < 4.78 is 51.6. The third-order valence-corrected chi connectivity index (χ3v) is 4.00. The van der Waals surface area contributed by atoms with Crippen LogP contribution in [0.3, 0.4) is 0 Å². The summed E-state index contributed by atoms with van der Waals surface area (Å²) in [7, 11) is 1.61. The number of hydrogen-bond acceptors (Lipinski definition) is 3. The summed E-state index contributed by atoms with van der Waals surface area (Å²) in [5.41, 5.74) is 0.256. The highest BCUT2D eigenvalue weighted by molar-refractivity contribution is 5.77. The quantitative estimate of drug-likeness (QED) is 0.572. The van der Waals surface area contributed by atoms with Crippen LogP contribution in [0.5, 0.6) is 5.75 Å². The predicted molar refractivity (Wildman–Crippen MR) is 92.0 cm³/mol. The molecule has 0 amide bonds. The second-order valence-electron chi connectivity index (χ2n) is 5.83. The van der Waals surface area contributed by atoms with Crippen LogP contribution < -0.4 is 4.74 Å². The van der Waals surface area contributed by atoms with Gasteiger partial charge in [0.1, 0.15) is 18.2 Å². The number of nitrogens with zero attached hydrogens (tertiary/aromatic N) is 2. The van der Waals surface area contributed by atoms with Crippen molar-refractivity contribution in [3.63, 3.8) is 0 Å². The van der Waals surface area contributed by atoms with Gasteiger partial charge in [-0.25, -0.2) is 4.98 Å². The molecule has 0 bridgehead atoms. The molecule has 138 valence electrons. The van der Waals surface area contributed by atoms with Gasteiger partial charge < -0.3 is 14.0 Å². The Balaban J connectivity index is 1.91. The number of alkyl halides is 3. The van der Waals surface area contributed by atoms with E-state index in [0.29, 0.717) is 35.8 Å². The molecule has 4 nitrogen and oxygen atoms in total. The van der Waals surface area contributed by atoms with Gasteiger partial charge in [-0.1, -0.05) is 18.2 Å². The van der Waals surface area contributed by atoms with E-state index in [1.807, 2.05) is 34.9 Å². The van der Waals surface area contributed by atoms with Gasteiger partial charge >= 0.3 is 6.18 Å². The molecule has 0 unspecified atom stereocenters. The second kappa shape index (κ2) is 7.78. The molecule has 3 aromatic rings. The largest absolute Gasteiger partial charge is 0.486 e. The zero-order chi connectivity index (χ0) is 18.6. The number of imidazole rings is 1. The van der Waals surface area contributed by atoms with Crippen LogP contribution in [-0.4, -0.2) is 23.3 Å². The molecule has 0 spiro atoms. The van der Waals surface area contributed by atoms with Gasteiger partial charge in [0.25, 0.3) is 0 Å². The molecular weight excluding hydrogens is 345 g/mol. The Morgan fingerprint density at radius 1 is 1.08 bits per heavy atom. The summed E-state index contributed by atoms with van der Waals surface area (Å²) in [6.45, 7) is 1.31. The van der Waals surface area contributed by atoms with Crippen molar-refractivity contribution in [3.8, 4) is 5.75 Å². The van der Waals surface area contributed by atoms with Crippen molar-refractivity contribution in [2.45, 2.75) is 25.7 Å². The zero-order valence-electron chi connectivity index (χ0n) is 14.3. The molecule has 7 heteroatoms. The third kappa shape index (κ3) is 4.16. The fourth-order valence-corrected chi connectivity index (χ4v) is 2.75. The normalized spacial score (nSPS) is 11.8. The predicted octanol–water partition coefficient (Wildman–Crippen LogP) is 4.67. The van der Waals surface area contributed by atoms with Crippen molar-refractivity contribution in [3.05, 3.63) is 59.9 Å². The highest BCUT2D eigenvalue weighted by atomic mass is 19.4. The smallest absolute Gasteiger partial charge is 0.416 e. The molecule has 1 aromatic heterocycles. The van der Waals surface area contributed by atoms with Crippen molar-refractivity contribution in [1.29, 1.82) is 0 Å². The molecular formula is C19H19F3N2O2. The van der Waals surface area contributed by atoms with Gasteiger partial charge in [-0.2, -0.15) is 13.2 Å². The van der Waals surface area contributed by atoms with Gasteiger partial charge in [0.2, 0.25) is 0 Å². The van der Waals surface area contributed by atoms with Gasteiger partial charge in [0, 0.05) is 20.3 Å². The Labute approximate surface area is 149 Å². The summed E-state index contributed by atoms with van der Waals surface area (Å²) in [5, 5.41) is 0. The van der Waals surface area contributed by atoms with E-state index in [4.69, 9.17) is 9.47 Å². The molecule has 26 heavy (non-hydrogen) atoms. The molecule has 3 rings (SSSR count). The Bertz CT molecular complexity index is 860. The zero-order valence-corrected chi connectivity index (χ0v) is 14.3. The molecule has 0 aliphatic rings. The number of aromatic nitrogens is 2. The lowest BCUT2D eigenvalue weighted by molar-refractivity contribution is -0.137. The van der Waals surface area contributed by atoms with Crippen LogP contribution in [0.2, 0.25) is 0 Å². The van der Waals surface area contributed by atoms with Gasteiger partial charge in [0.05, 0.1) is 16.6 Å². The highest BCUT2D eigenvalue weighted by Gasteiger charge is 2.31. The van der Waals surface area contributed by atoms with E-state index in [0.717, 1.165) is 18.6 Å². The first-order valence-electron chi connectivity index (χ1n) is 8.22. The fourth-order valence-electron chi connectivity index (χ4n) is 2.75. The van der Waals surface area contributed by atoms with Crippen molar-refractivity contribution >= 4 is 11.0 Å². The molecule has 0 N–H and O–H groups in total. The number of fused-ring (bicyclic) bond motifs is 1. The summed E-state index contributed by atoms with van der Waals surface area (Å²) in [4.78, 5) is 4.38. The van der Waals surface area contributed by atoms with E-state index >= 15 is 0 Å². The minimum atomic E-state index is -4.39. The lowest BCUT2D eigenvalue weighted by Gasteiger charge is -2.11. The van der Waals surface area contributed by atoms with Crippen LogP contribution >= 0.6 is 0 Å². The van der Waals surface area contributed by atoms with Crippen molar-refractivity contribution in [2.75, 3.05) is 13.7 Å². The molecule has 0 saturated heterocycles. The highest BCUT2D eigenvalue weighted by Crippen LogP contribution is 2.31. The lowest BCUT2D eigenvalue weighted by atomic mass is 10.2. The molecule has 0 aliphatic carbocycles. The Kier molecular flexibility index (Phi) is 5.46. The van der Waals surface area contributed by atoms with Crippen LogP contribution in [-0.2, 0) is 24.1 Å². The minimum Gasteiger partial charge on any atom is -0.486 e. The van der Waals surface area contributed by atoms with E-state index in [9.17, 15) is 13.2 Å². The fraction of sp³-hybridized carbons (Fsp3) is 0.316. The van der Waals surface area contributed by atoms with Crippen LogP contribution in [0.15, 0.2) is 48.5 Å². The van der Waals surface area contributed by atoms with E-state index in [2.05, 4.69) is 4.98 Å². The monoisotopic (exact) mass is 364 g/mol. The number of ether oxygens (including phenoxy) is 2. The molecule has 0 atom stereocenters. The van der Waals surface area contributed by atoms with E-state index in [1.165, 1.54) is 6.07 Å². The minimum absolute atomic E-state index is 0.174. The van der Waals surface area contributed by atoms with E-state index < -0.39 is 11.7 Å². The standard InChI is InChI=1S/C19H19F3N2O2/c1-25-11-5-10-24-17-9-8-14(19(20,21)22)12-16(17)23-18(24)13-26-15-6-3-2-4-7-15/h2-4,6-9,12H,5,10-11,13H2,1H3. The molecule has 0 fully saturated rings. The number of aryl methyl sites for hydroxylation is 1. The molecule has 1 heterocycles. The van der Waals surface area contributed by atoms with Gasteiger partial charge in [0.15, 0.2) is 0 Å². The van der Waals surface area contributed by atoms with Crippen LogP contribution in [0.4, 0.5) is 13.2 Å². The van der Waals surface area contributed by atoms with Crippen LogP contribution in [0.1, 0.15) is 17.8 Å². The van der Waals surface area contributed by atoms with Gasteiger partial charge in [-0.05, 0) is 36.8 Å². The van der Waals surface area contributed by atoms with E-state index in [-0.39, 0.29) is 6.61 Å². The maximum atomic E-state index is 13.0. The van der Waals surface area contributed by atoms with Crippen molar-refractivity contribution < 1.29 is 22.6 Å². The molecule has 0 aliphatic heterocycles. The number of rotatable bonds is 7. The van der Waals surface area contributed by atoms with Gasteiger partial charge in [-0.3, -0.25) is 0 Å². The van der Waals surface area contributed by atoms with Crippen LogP contribution in [0.25, 0.3) is 11.0 Å². The van der Waals surface area contributed by atoms with Gasteiger partial charge in [-0.15, -0.1) is 0 Å². The Morgan fingerprint density at radius 3 is 2.54 bits per heavy atom. The second-order valence-corrected chi connectivity index (χ2v) is 5.83. The topological polar surface area (TPSA) is 36.3 Å². The number of halogens is 3. The third-order valence-electron chi connectivity index (χ3n) is 4.00. The lowest BCUT2D eigenvalue weighted by Crippen LogP contribution is -2.09. The summed E-state index contributed by atoms with van der Waals surface area (Å²) >= 11 is 0. The summed E-state index contributed by atoms with van der Waals surface area (Å²) in [6, 6.07) is 12.8. The first kappa shape index (κ1) is 18.3. The maximum absolute atomic E-state index is 13.0. The number of para-hydroxylation sites is 1. The SMILES string of the molecule is COCCCn1c(COc2ccccc2)nc2cc(C(F)(F)F)ccc21. The van der Waals surface area contributed by atoms with Crippen molar-refractivity contribution in [2.24, 2.45) is 0 Å². The average Bonchev–Trinajstić information content (AvgIpc) is 2.97. The summed E-state index contributed by atoms with van der Waals surface area (Å²) in [6.07, 6.45) is -3.67. The summed E-state index contributed by atoms with van der Waals surface area (Å²) in [5.74, 6) is 1.26. The number of benzene rings is 2. The van der Waals surface area contributed by atoms with Crippen molar-refractivity contribution in [1.82, 2.24) is 9.55 Å². The first-order valence-corrected chi connectivity index (χ1v) is 8.22. The maximum Gasteiger partial charge on any atom is 0.416 e. The first-order chi connectivity index (χ1) is 12.5. The van der Waals surface area contributed by atoms with Crippen LogP contribution in [0, 0.1) is 0 Å².